The number of amides is 1. The topological polar surface area (TPSA) is 41.6 Å². The average molecular weight is 393 g/mol. The highest BCUT2D eigenvalue weighted by atomic mass is 35.5. The number of carbonyl (C=O) groups is 1. The zero-order chi connectivity index (χ0) is 18.5. The summed E-state index contributed by atoms with van der Waals surface area (Å²) in [6.07, 6.45) is 1.64. The summed E-state index contributed by atoms with van der Waals surface area (Å²) in [5.74, 6) is 0.614. The van der Waals surface area contributed by atoms with Crippen molar-refractivity contribution in [1.82, 2.24) is 4.90 Å². The van der Waals surface area contributed by atoms with Gasteiger partial charge >= 0.3 is 0 Å². The standard InChI is InChI=1S/C20H22Cl2N2O2/c1-26-19-7-6-16(21)12-18(19)23-20(25)14-8-10-24(11-9-14)13-15-4-2-3-5-17(15)22/h2-7,12,14H,8-11,13H2,1H3,(H,23,25). The van der Waals surface area contributed by atoms with Crippen LogP contribution in [0.5, 0.6) is 5.75 Å². The average Bonchev–Trinajstić information content (AvgIpc) is 2.64. The first-order valence-electron chi connectivity index (χ1n) is 8.67. The molecule has 1 aliphatic heterocycles. The normalized spacial score (nSPS) is 15.7. The maximum atomic E-state index is 12.6. The van der Waals surface area contributed by atoms with Crippen LogP contribution < -0.4 is 10.1 Å². The molecule has 1 N–H and O–H groups in total. The number of benzene rings is 2. The molecule has 1 saturated heterocycles. The molecule has 0 unspecified atom stereocenters. The van der Waals surface area contributed by atoms with Gasteiger partial charge in [-0.15, -0.1) is 0 Å². The van der Waals surface area contributed by atoms with Crippen LogP contribution in [0, 0.1) is 5.92 Å². The molecule has 1 fully saturated rings. The van der Waals surface area contributed by atoms with Crippen LogP contribution in [0.25, 0.3) is 0 Å². The van der Waals surface area contributed by atoms with E-state index < -0.39 is 0 Å². The third-order valence-electron chi connectivity index (χ3n) is 4.73. The second-order valence-corrected chi connectivity index (χ2v) is 7.32. The fourth-order valence-electron chi connectivity index (χ4n) is 3.23. The second-order valence-electron chi connectivity index (χ2n) is 6.48. The van der Waals surface area contributed by atoms with Crippen molar-refractivity contribution in [1.29, 1.82) is 0 Å². The van der Waals surface area contributed by atoms with Crippen LogP contribution in [-0.4, -0.2) is 31.0 Å². The summed E-state index contributed by atoms with van der Waals surface area (Å²) in [6.45, 7) is 2.56. The molecule has 2 aromatic rings. The minimum absolute atomic E-state index is 0.0128. The van der Waals surface area contributed by atoms with Crippen molar-refractivity contribution in [3.05, 3.63) is 58.1 Å². The molecule has 138 valence electrons. The predicted octanol–water partition coefficient (Wildman–Crippen LogP) is 4.85. The van der Waals surface area contributed by atoms with Crippen LogP contribution in [0.15, 0.2) is 42.5 Å². The molecule has 4 nitrogen and oxygen atoms in total. The molecule has 0 radical (unpaired) electrons. The second kappa shape index (κ2) is 8.76. The number of ether oxygens (including phenoxy) is 1. The van der Waals surface area contributed by atoms with E-state index in [0.717, 1.165) is 43.1 Å². The predicted molar refractivity (Wildman–Crippen MR) is 106 cm³/mol. The van der Waals surface area contributed by atoms with Crippen LogP contribution in [0.2, 0.25) is 10.0 Å². The van der Waals surface area contributed by atoms with E-state index in [1.165, 1.54) is 0 Å². The zero-order valence-corrected chi connectivity index (χ0v) is 16.2. The number of methoxy groups -OCH3 is 1. The number of likely N-dealkylation sites (tertiary alicyclic amines) is 1. The van der Waals surface area contributed by atoms with Crippen molar-refractivity contribution in [2.24, 2.45) is 5.92 Å². The lowest BCUT2D eigenvalue weighted by Crippen LogP contribution is -2.37. The molecule has 1 amide bonds. The van der Waals surface area contributed by atoms with Crippen LogP contribution in [-0.2, 0) is 11.3 Å². The first-order valence-corrected chi connectivity index (χ1v) is 9.42. The molecule has 1 aliphatic rings. The minimum atomic E-state index is -0.0128. The van der Waals surface area contributed by atoms with Gasteiger partial charge in [-0.2, -0.15) is 0 Å². The van der Waals surface area contributed by atoms with Crippen molar-refractivity contribution >= 4 is 34.8 Å². The number of hydrogen-bond acceptors (Lipinski definition) is 3. The lowest BCUT2D eigenvalue weighted by atomic mass is 9.95. The van der Waals surface area contributed by atoms with Crippen molar-refractivity contribution < 1.29 is 9.53 Å². The lowest BCUT2D eigenvalue weighted by molar-refractivity contribution is -0.121. The summed E-state index contributed by atoms with van der Waals surface area (Å²) in [7, 11) is 1.58. The minimum Gasteiger partial charge on any atom is -0.495 e. The van der Waals surface area contributed by atoms with Gasteiger partial charge in [0.05, 0.1) is 12.8 Å². The molecule has 0 aliphatic carbocycles. The Labute approximate surface area is 164 Å². The Bertz CT molecular complexity index is 774. The Morgan fingerprint density at radius 2 is 1.92 bits per heavy atom. The first kappa shape index (κ1) is 19.0. The first-order chi connectivity index (χ1) is 12.6. The van der Waals surface area contributed by atoms with Crippen molar-refractivity contribution in [2.75, 3.05) is 25.5 Å². The van der Waals surface area contributed by atoms with Gasteiger partial charge in [-0.3, -0.25) is 9.69 Å². The number of rotatable bonds is 5. The van der Waals surface area contributed by atoms with Crippen molar-refractivity contribution in [2.45, 2.75) is 19.4 Å². The van der Waals surface area contributed by atoms with E-state index in [0.29, 0.717) is 16.5 Å². The summed E-state index contributed by atoms with van der Waals surface area (Å²) >= 11 is 12.3. The van der Waals surface area contributed by atoms with Crippen LogP contribution in [0.4, 0.5) is 5.69 Å². The molecule has 2 aromatic carbocycles. The Kier molecular flexibility index (Phi) is 6.41. The largest absolute Gasteiger partial charge is 0.495 e. The SMILES string of the molecule is COc1ccc(Cl)cc1NC(=O)C1CCN(Cc2ccccc2Cl)CC1. The summed E-state index contributed by atoms with van der Waals surface area (Å²) in [6, 6.07) is 13.1. The number of piperidine rings is 1. The fourth-order valence-corrected chi connectivity index (χ4v) is 3.60. The molecule has 0 saturated carbocycles. The molecule has 0 spiro atoms. The van der Waals surface area contributed by atoms with Gasteiger partial charge in [0.15, 0.2) is 0 Å². The smallest absolute Gasteiger partial charge is 0.227 e. The Hall–Kier alpha value is -1.75. The van der Waals surface area contributed by atoms with Gasteiger partial charge in [-0.25, -0.2) is 0 Å². The van der Waals surface area contributed by atoms with Gasteiger partial charge in [0.25, 0.3) is 0 Å². The molecule has 26 heavy (non-hydrogen) atoms. The van der Waals surface area contributed by atoms with Crippen molar-refractivity contribution in [3.8, 4) is 5.75 Å². The van der Waals surface area contributed by atoms with E-state index in [4.69, 9.17) is 27.9 Å². The monoisotopic (exact) mass is 392 g/mol. The zero-order valence-electron chi connectivity index (χ0n) is 14.7. The van der Waals surface area contributed by atoms with Crippen LogP contribution >= 0.6 is 23.2 Å². The van der Waals surface area contributed by atoms with E-state index in [1.807, 2.05) is 24.3 Å². The van der Waals surface area contributed by atoms with Gasteiger partial charge in [-0.1, -0.05) is 41.4 Å². The Morgan fingerprint density at radius 1 is 1.19 bits per heavy atom. The van der Waals surface area contributed by atoms with Gasteiger partial charge in [0.2, 0.25) is 5.91 Å². The van der Waals surface area contributed by atoms with Crippen molar-refractivity contribution in [3.63, 3.8) is 0 Å². The highest BCUT2D eigenvalue weighted by molar-refractivity contribution is 6.31. The molecule has 0 aromatic heterocycles. The number of halogens is 2. The molecular weight excluding hydrogens is 371 g/mol. The van der Waals surface area contributed by atoms with E-state index >= 15 is 0 Å². The maximum absolute atomic E-state index is 12.6. The van der Waals surface area contributed by atoms with Crippen LogP contribution in [0.3, 0.4) is 0 Å². The fraction of sp³-hybridized carbons (Fsp3) is 0.350. The number of anilines is 1. The molecular formula is C20H22Cl2N2O2. The molecule has 0 atom stereocenters. The van der Waals surface area contributed by atoms with E-state index in [1.54, 1.807) is 25.3 Å². The molecule has 3 rings (SSSR count). The lowest BCUT2D eigenvalue weighted by Gasteiger charge is -2.31. The number of hydrogen-bond donors (Lipinski definition) is 1. The third kappa shape index (κ3) is 4.70. The Balaban J connectivity index is 1.55. The maximum Gasteiger partial charge on any atom is 0.227 e. The summed E-state index contributed by atoms with van der Waals surface area (Å²) in [4.78, 5) is 15.0. The third-order valence-corrected chi connectivity index (χ3v) is 5.33. The number of nitrogens with zero attached hydrogens (tertiary/aromatic N) is 1. The number of carbonyl (C=O) groups excluding carboxylic acids is 1. The van der Waals surface area contributed by atoms with Gasteiger partial charge in [0, 0.05) is 22.5 Å². The molecule has 6 heteroatoms. The quantitative estimate of drug-likeness (QED) is 0.790. The van der Waals surface area contributed by atoms with Crippen LogP contribution in [0.1, 0.15) is 18.4 Å². The molecule has 0 bridgehead atoms. The van der Waals surface area contributed by atoms with Gasteiger partial charge in [-0.05, 0) is 55.8 Å². The summed E-state index contributed by atoms with van der Waals surface area (Å²) in [5, 5.41) is 4.32. The van der Waals surface area contributed by atoms with E-state index in [9.17, 15) is 4.79 Å². The van der Waals surface area contributed by atoms with E-state index in [-0.39, 0.29) is 11.8 Å². The van der Waals surface area contributed by atoms with Gasteiger partial charge in [0.1, 0.15) is 5.75 Å². The number of nitrogens with one attached hydrogen (secondary N) is 1. The molecule has 1 heterocycles. The van der Waals surface area contributed by atoms with E-state index in [2.05, 4.69) is 10.2 Å². The summed E-state index contributed by atoms with van der Waals surface area (Å²) < 4.78 is 5.29. The highest BCUT2D eigenvalue weighted by Crippen LogP contribution is 2.29. The van der Waals surface area contributed by atoms with Gasteiger partial charge < -0.3 is 10.1 Å². The highest BCUT2D eigenvalue weighted by Gasteiger charge is 2.26. The Morgan fingerprint density at radius 3 is 2.62 bits per heavy atom. The summed E-state index contributed by atoms with van der Waals surface area (Å²) in [5.41, 5.74) is 1.74.